The number of hydrogen-bond acceptors (Lipinski definition) is 4. The maximum absolute atomic E-state index is 12.4. The monoisotopic (exact) mass is 417 g/mol. The summed E-state index contributed by atoms with van der Waals surface area (Å²) in [6.45, 7) is 2.48. The average Bonchev–Trinajstić information content (AvgIpc) is 2.62. The Morgan fingerprint density at radius 2 is 1.92 bits per heavy atom. The Balaban J connectivity index is 0.00000169. The first-order valence-electron chi connectivity index (χ1n) is 7.93. The molecule has 2 aromatic carbocycles. The van der Waals surface area contributed by atoms with E-state index in [9.17, 15) is 4.79 Å². The number of carbonyl (C=O) groups excluding carboxylic acids is 1. The fourth-order valence-corrected chi connectivity index (χ4v) is 2.69. The molecule has 1 fully saturated rings. The summed E-state index contributed by atoms with van der Waals surface area (Å²) in [6.07, 6.45) is -0.486. The first-order valence-corrected chi connectivity index (χ1v) is 8.31. The zero-order chi connectivity index (χ0) is 16.8. The Labute approximate surface area is 170 Å². The molecule has 3 N–H and O–H groups in total. The summed E-state index contributed by atoms with van der Waals surface area (Å²) in [5.41, 5.74) is 2.63. The van der Waals surface area contributed by atoms with Gasteiger partial charge in [0, 0.05) is 24.7 Å². The number of carbonyl (C=O) groups is 1. The summed E-state index contributed by atoms with van der Waals surface area (Å²) in [7, 11) is 0. The molecule has 5 nitrogen and oxygen atoms in total. The highest BCUT2D eigenvalue weighted by Gasteiger charge is 2.22. The van der Waals surface area contributed by atoms with Crippen LogP contribution in [0.3, 0.4) is 0 Å². The van der Waals surface area contributed by atoms with Crippen LogP contribution < -0.4 is 16.0 Å². The molecule has 0 aliphatic carbocycles. The van der Waals surface area contributed by atoms with Crippen molar-refractivity contribution in [3.8, 4) is 0 Å². The van der Waals surface area contributed by atoms with E-state index < -0.39 is 6.10 Å². The van der Waals surface area contributed by atoms with Crippen LogP contribution in [0.1, 0.15) is 5.56 Å². The lowest BCUT2D eigenvalue weighted by molar-refractivity contribution is -0.128. The van der Waals surface area contributed by atoms with E-state index in [1.54, 1.807) is 12.1 Å². The first-order chi connectivity index (χ1) is 11.7. The largest absolute Gasteiger partial charge is 0.379 e. The fourth-order valence-electron chi connectivity index (χ4n) is 2.51. The SMILES string of the molecule is Cl.Cl.O=C(Nc1cc(Cl)ccc1NCc1ccccc1)C1CNCCO1. The van der Waals surface area contributed by atoms with Gasteiger partial charge < -0.3 is 20.7 Å². The van der Waals surface area contributed by atoms with Gasteiger partial charge in [-0.25, -0.2) is 0 Å². The van der Waals surface area contributed by atoms with Crippen molar-refractivity contribution in [3.05, 3.63) is 59.1 Å². The van der Waals surface area contributed by atoms with E-state index in [0.29, 0.717) is 30.4 Å². The summed E-state index contributed by atoms with van der Waals surface area (Å²) < 4.78 is 5.48. The third-order valence-corrected chi connectivity index (χ3v) is 4.02. The molecule has 8 heteroatoms. The highest BCUT2D eigenvalue weighted by molar-refractivity contribution is 6.31. The number of anilines is 2. The summed E-state index contributed by atoms with van der Waals surface area (Å²) in [6, 6.07) is 15.5. The van der Waals surface area contributed by atoms with Crippen LogP contribution in [0.5, 0.6) is 0 Å². The molecule has 1 aliphatic rings. The minimum absolute atomic E-state index is 0. The number of hydrogen-bond donors (Lipinski definition) is 3. The Bertz CT molecular complexity index is 695. The van der Waals surface area contributed by atoms with Gasteiger partial charge in [-0.2, -0.15) is 0 Å². The van der Waals surface area contributed by atoms with Crippen molar-refractivity contribution in [1.29, 1.82) is 0 Å². The zero-order valence-electron chi connectivity index (χ0n) is 14.0. The lowest BCUT2D eigenvalue weighted by atomic mass is 10.2. The number of morpholine rings is 1. The van der Waals surface area contributed by atoms with Crippen molar-refractivity contribution in [3.63, 3.8) is 0 Å². The van der Waals surface area contributed by atoms with Crippen LogP contribution in [0.25, 0.3) is 0 Å². The predicted molar refractivity (Wildman–Crippen MR) is 111 cm³/mol. The van der Waals surface area contributed by atoms with Gasteiger partial charge >= 0.3 is 0 Å². The van der Waals surface area contributed by atoms with Crippen LogP contribution in [-0.4, -0.2) is 31.7 Å². The summed E-state index contributed by atoms with van der Waals surface area (Å²) in [4.78, 5) is 12.4. The van der Waals surface area contributed by atoms with Gasteiger partial charge in [-0.05, 0) is 23.8 Å². The molecule has 0 spiro atoms. The lowest BCUT2D eigenvalue weighted by Crippen LogP contribution is -2.45. The fraction of sp³-hybridized carbons (Fsp3) is 0.278. The number of rotatable bonds is 5. The second-order valence-corrected chi connectivity index (χ2v) is 6.02. The Morgan fingerprint density at radius 3 is 2.62 bits per heavy atom. The molecule has 1 saturated heterocycles. The van der Waals surface area contributed by atoms with Gasteiger partial charge in [0.05, 0.1) is 18.0 Å². The third kappa shape index (κ3) is 6.34. The molecule has 1 amide bonds. The van der Waals surface area contributed by atoms with E-state index >= 15 is 0 Å². The Hall–Kier alpha value is -1.50. The topological polar surface area (TPSA) is 62.4 Å². The van der Waals surface area contributed by atoms with Crippen LogP contribution in [-0.2, 0) is 16.1 Å². The summed E-state index contributed by atoms with van der Waals surface area (Å²) >= 11 is 6.08. The van der Waals surface area contributed by atoms with Crippen LogP contribution >= 0.6 is 36.4 Å². The summed E-state index contributed by atoms with van der Waals surface area (Å²) in [5, 5.41) is 9.96. The maximum atomic E-state index is 12.4. The quantitative estimate of drug-likeness (QED) is 0.692. The second kappa shape index (κ2) is 11.3. The van der Waals surface area contributed by atoms with Crippen molar-refractivity contribution in [2.45, 2.75) is 12.6 Å². The molecule has 1 aliphatic heterocycles. The minimum Gasteiger partial charge on any atom is -0.379 e. The molecule has 2 aromatic rings. The van der Waals surface area contributed by atoms with Crippen LogP contribution in [0.15, 0.2) is 48.5 Å². The lowest BCUT2D eigenvalue weighted by Gasteiger charge is -2.23. The van der Waals surface area contributed by atoms with Crippen molar-refractivity contribution in [2.24, 2.45) is 0 Å². The highest BCUT2D eigenvalue weighted by atomic mass is 35.5. The first kappa shape index (κ1) is 22.5. The van der Waals surface area contributed by atoms with Gasteiger partial charge in [0.15, 0.2) is 0 Å². The molecule has 1 atom stereocenters. The highest BCUT2D eigenvalue weighted by Crippen LogP contribution is 2.26. The van der Waals surface area contributed by atoms with Crippen LogP contribution in [0, 0.1) is 0 Å². The molecule has 3 rings (SSSR count). The van der Waals surface area contributed by atoms with E-state index in [4.69, 9.17) is 16.3 Å². The van der Waals surface area contributed by atoms with Crippen molar-refractivity contribution in [1.82, 2.24) is 5.32 Å². The molecule has 0 aromatic heterocycles. The maximum Gasteiger partial charge on any atom is 0.254 e. The molecular formula is C18H22Cl3N3O2. The smallest absolute Gasteiger partial charge is 0.254 e. The second-order valence-electron chi connectivity index (χ2n) is 5.58. The van der Waals surface area contributed by atoms with Gasteiger partial charge in [-0.3, -0.25) is 4.79 Å². The zero-order valence-corrected chi connectivity index (χ0v) is 16.4. The van der Waals surface area contributed by atoms with Crippen molar-refractivity contribution < 1.29 is 9.53 Å². The molecule has 1 unspecified atom stereocenters. The van der Waals surface area contributed by atoms with Gasteiger partial charge in [0.2, 0.25) is 0 Å². The summed E-state index contributed by atoms with van der Waals surface area (Å²) in [5.74, 6) is -0.174. The van der Waals surface area contributed by atoms with E-state index in [-0.39, 0.29) is 30.7 Å². The van der Waals surface area contributed by atoms with E-state index in [2.05, 4.69) is 16.0 Å². The minimum atomic E-state index is -0.486. The Kier molecular flexibility index (Phi) is 9.76. The van der Waals surface area contributed by atoms with E-state index in [1.165, 1.54) is 0 Å². The van der Waals surface area contributed by atoms with Crippen LogP contribution in [0.4, 0.5) is 11.4 Å². The molecule has 0 radical (unpaired) electrons. The molecule has 0 saturated carbocycles. The van der Waals surface area contributed by atoms with Crippen LogP contribution in [0.2, 0.25) is 5.02 Å². The van der Waals surface area contributed by atoms with Gasteiger partial charge in [-0.15, -0.1) is 24.8 Å². The van der Waals surface area contributed by atoms with E-state index in [0.717, 1.165) is 17.8 Å². The number of amides is 1. The van der Waals surface area contributed by atoms with Gasteiger partial charge in [0.25, 0.3) is 5.91 Å². The van der Waals surface area contributed by atoms with Gasteiger partial charge in [0.1, 0.15) is 6.10 Å². The van der Waals surface area contributed by atoms with Crippen molar-refractivity contribution >= 4 is 53.7 Å². The van der Waals surface area contributed by atoms with Gasteiger partial charge in [-0.1, -0.05) is 41.9 Å². The number of halogens is 3. The molecule has 0 bridgehead atoms. The predicted octanol–water partition coefficient (Wildman–Crippen LogP) is 3.72. The normalized spacial score (nSPS) is 16.0. The number of ether oxygens (including phenoxy) is 1. The number of benzene rings is 2. The average molecular weight is 419 g/mol. The third-order valence-electron chi connectivity index (χ3n) is 3.79. The standard InChI is InChI=1S/C18H20ClN3O2.2ClH/c19-14-6-7-15(21-11-13-4-2-1-3-5-13)16(10-14)22-18(23)17-12-20-8-9-24-17;;/h1-7,10,17,20-21H,8-9,11-12H2,(H,22,23);2*1H. The molecular weight excluding hydrogens is 397 g/mol. The Morgan fingerprint density at radius 1 is 1.15 bits per heavy atom. The molecule has 26 heavy (non-hydrogen) atoms. The molecule has 1 heterocycles. The van der Waals surface area contributed by atoms with E-state index in [1.807, 2.05) is 36.4 Å². The number of nitrogens with one attached hydrogen (secondary N) is 3. The van der Waals surface area contributed by atoms with Crippen molar-refractivity contribution in [2.75, 3.05) is 30.3 Å². The molecule has 142 valence electrons.